The maximum Gasteiger partial charge on any atom is 0.347 e. The first-order valence-corrected chi connectivity index (χ1v) is 10.6. The first kappa shape index (κ1) is 28.1. The Morgan fingerprint density at radius 1 is 1.19 bits per heavy atom. The molecule has 4 rings (SSSR count). The molecular formula is C18H25Cl3N8O2S. The van der Waals surface area contributed by atoms with Crippen molar-refractivity contribution in [1.82, 2.24) is 15.0 Å². The van der Waals surface area contributed by atoms with E-state index in [4.69, 9.17) is 0 Å². The number of hydrogen-bond donors (Lipinski definition) is 4. The lowest BCUT2D eigenvalue weighted by Gasteiger charge is -2.26. The molecule has 5 N–H and O–H groups in total. The minimum Gasteiger partial charge on any atom is -1.00 e. The normalized spacial score (nSPS) is 17.5. The van der Waals surface area contributed by atoms with Gasteiger partial charge in [-0.15, -0.1) is 0 Å². The zero-order valence-corrected chi connectivity index (χ0v) is 20.4. The van der Waals surface area contributed by atoms with Gasteiger partial charge in [-0.1, -0.05) is 11.8 Å². The van der Waals surface area contributed by atoms with Gasteiger partial charge in [-0.2, -0.15) is 4.98 Å². The number of hydrogen-bond acceptors (Lipinski definition) is 6. The van der Waals surface area contributed by atoms with Gasteiger partial charge in [0.1, 0.15) is 31.7 Å². The molecule has 0 atom stereocenters. The molecule has 0 saturated carbocycles. The SMILES string of the molecule is C[NH+]1CC[NH+](c2ccc([N+](=O)[O-])c(NCCSc3nc4[nH+]cccc4[nH]3)n2)CC1.[Cl-].[Cl-].[Cl-]. The van der Waals surface area contributed by atoms with Crippen molar-refractivity contribution in [2.45, 2.75) is 5.16 Å². The maximum atomic E-state index is 11.4. The van der Waals surface area contributed by atoms with Crippen LogP contribution in [0.4, 0.5) is 17.3 Å². The predicted molar refractivity (Wildman–Crippen MR) is 110 cm³/mol. The van der Waals surface area contributed by atoms with Gasteiger partial charge in [-0.05, 0) is 17.1 Å². The number of piperazine rings is 1. The molecule has 1 aliphatic rings. The number of halogens is 3. The summed E-state index contributed by atoms with van der Waals surface area (Å²) in [5.41, 5.74) is 1.77. The molecule has 1 saturated heterocycles. The summed E-state index contributed by atoms with van der Waals surface area (Å²) in [6, 6.07) is 7.21. The van der Waals surface area contributed by atoms with Crippen molar-refractivity contribution in [3.8, 4) is 0 Å². The third-order valence-electron chi connectivity index (χ3n) is 5.06. The van der Waals surface area contributed by atoms with Crippen molar-refractivity contribution in [1.29, 1.82) is 0 Å². The quantitative estimate of drug-likeness (QED) is 0.106. The minimum absolute atomic E-state index is 0. The number of thioether (sulfide) groups is 1. The van der Waals surface area contributed by atoms with Crippen LogP contribution >= 0.6 is 11.8 Å². The Hall–Kier alpha value is -1.89. The first-order chi connectivity index (χ1) is 14.1. The lowest BCUT2D eigenvalue weighted by Crippen LogP contribution is -3.25. The van der Waals surface area contributed by atoms with E-state index < -0.39 is 0 Å². The maximum absolute atomic E-state index is 11.4. The van der Waals surface area contributed by atoms with Crippen LogP contribution in [0.3, 0.4) is 0 Å². The van der Waals surface area contributed by atoms with Gasteiger partial charge < -0.3 is 52.4 Å². The average Bonchev–Trinajstić information content (AvgIpc) is 3.14. The average molecular weight is 524 g/mol. The molecule has 0 bridgehead atoms. The molecule has 10 nitrogen and oxygen atoms in total. The number of aromatic amines is 2. The number of pyridine rings is 2. The van der Waals surface area contributed by atoms with Crippen LogP contribution < -0.4 is 57.3 Å². The zero-order valence-electron chi connectivity index (χ0n) is 17.3. The van der Waals surface area contributed by atoms with Crippen LogP contribution in [0.2, 0.25) is 0 Å². The van der Waals surface area contributed by atoms with E-state index in [1.807, 2.05) is 18.3 Å². The molecule has 14 heteroatoms. The Morgan fingerprint density at radius 2 is 1.94 bits per heavy atom. The number of anilines is 1. The number of nitrogens with zero attached hydrogens (tertiary/aromatic N) is 3. The summed E-state index contributed by atoms with van der Waals surface area (Å²) in [5.74, 6) is 1.91. The van der Waals surface area contributed by atoms with Crippen LogP contribution in [-0.2, 0) is 0 Å². The Bertz CT molecular complexity index is 984. The summed E-state index contributed by atoms with van der Waals surface area (Å²) in [6.07, 6.45) is 1.83. The van der Waals surface area contributed by atoms with E-state index in [0.29, 0.717) is 18.1 Å². The third-order valence-corrected chi connectivity index (χ3v) is 5.94. The van der Waals surface area contributed by atoms with Crippen LogP contribution in [-0.4, -0.2) is 65.4 Å². The molecule has 0 amide bonds. The van der Waals surface area contributed by atoms with E-state index in [9.17, 15) is 10.1 Å². The van der Waals surface area contributed by atoms with Gasteiger partial charge in [-0.3, -0.25) is 15.0 Å². The lowest BCUT2D eigenvalue weighted by molar-refractivity contribution is -0.976. The highest BCUT2D eigenvalue weighted by Crippen LogP contribution is 2.23. The van der Waals surface area contributed by atoms with E-state index >= 15 is 0 Å². The number of likely N-dealkylation sites (N-methyl/N-ethyl adjacent to an activating group) is 1. The van der Waals surface area contributed by atoms with E-state index in [2.05, 4.69) is 32.3 Å². The second-order valence-corrected chi connectivity index (χ2v) is 8.22. The van der Waals surface area contributed by atoms with Gasteiger partial charge in [0, 0.05) is 24.4 Å². The molecule has 3 aromatic rings. The standard InChI is InChI=1S/C18H22N8O2S.3ClH/c1-24-8-10-25(11-9-24)15-5-4-14(26(27)28)17(22-15)20-7-12-29-18-21-13-3-2-6-19-16(13)23-18;;;/h2-6H,7-12H2,1H3,(H,20,22)(H,19,21,23);3*1H. The largest absolute Gasteiger partial charge is 1.00 e. The van der Waals surface area contributed by atoms with Crippen LogP contribution in [0.5, 0.6) is 0 Å². The smallest absolute Gasteiger partial charge is 0.347 e. The summed E-state index contributed by atoms with van der Waals surface area (Å²) in [7, 11) is 2.19. The van der Waals surface area contributed by atoms with Gasteiger partial charge in [0.05, 0.1) is 18.2 Å². The molecule has 176 valence electrons. The molecule has 0 aliphatic carbocycles. The number of fused-ring (bicyclic) bond motifs is 1. The van der Waals surface area contributed by atoms with Gasteiger partial charge in [0.15, 0.2) is 0 Å². The predicted octanol–water partition coefficient (Wildman–Crippen LogP) is -10.1. The van der Waals surface area contributed by atoms with Crippen molar-refractivity contribution < 1.29 is 56.9 Å². The molecule has 1 fully saturated rings. The van der Waals surface area contributed by atoms with E-state index in [1.165, 1.54) is 9.80 Å². The molecular weight excluding hydrogens is 499 g/mol. The van der Waals surface area contributed by atoms with Gasteiger partial charge in [0.2, 0.25) is 11.6 Å². The summed E-state index contributed by atoms with van der Waals surface area (Å²) < 4.78 is 0. The molecule has 0 radical (unpaired) electrons. The van der Waals surface area contributed by atoms with E-state index in [1.54, 1.807) is 23.9 Å². The fourth-order valence-corrected chi connectivity index (χ4v) is 4.15. The van der Waals surface area contributed by atoms with Crippen LogP contribution in [0.1, 0.15) is 0 Å². The Morgan fingerprint density at radius 3 is 2.62 bits per heavy atom. The van der Waals surface area contributed by atoms with Crippen molar-refractivity contribution in [3.63, 3.8) is 0 Å². The zero-order chi connectivity index (χ0) is 20.2. The van der Waals surface area contributed by atoms with Crippen molar-refractivity contribution >= 4 is 40.2 Å². The van der Waals surface area contributed by atoms with Gasteiger partial charge >= 0.3 is 11.3 Å². The van der Waals surface area contributed by atoms with Crippen molar-refractivity contribution in [3.05, 3.63) is 40.6 Å². The van der Waals surface area contributed by atoms with Crippen molar-refractivity contribution in [2.75, 3.05) is 50.8 Å². The number of imidazole rings is 1. The lowest BCUT2D eigenvalue weighted by atomic mass is 10.3. The second kappa shape index (κ2) is 13.0. The molecule has 32 heavy (non-hydrogen) atoms. The Kier molecular flexibility index (Phi) is 11.4. The number of rotatable bonds is 7. The van der Waals surface area contributed by atoms with Crippen LogP contribution in [0, 0.1) is 10.1 Å². The fourth-order valence-electron chi connectivity index (χ4n) is 3.41. The van der Waals surface area contributed by atoms with E-state index in [-0.39, 0.29) is 47.8 Å². The molecule has 4 heterocycles. The van der Waals surface area contributed by atoms with Crippen LogP contribution in [0.25, 0.3) is 11.2 Å². The topological polar surface area (TPSA) is 120 Å². The highest BCUT2D eigenvalue weighted by Gasteiger charge is 2.26. The monoisotopic (exact) mass is 522 g/mol. The third kappa shape index (κ3) is 6.80. The Labute approximate surface area is 208 Å². The second-order valence-electron chi connectivity index (χ2n) is 7.13. The number of nitro groups is 1. The summed E-state index contributed by atoms with van der Waals surface area (Å²) in [6.45, 7) is 4.65. The summed E-state index contributed by atoms with van der Waals surface area (Å²) in [4.78, 5) is 29.2. The number of aromatic nitrogens is 4. The highest BCUT2D eigenvalue weighted by molar-refractivity contribution is 7.99. The number of H-pyrrole nitrogens is 2. The molecule has 3 aromatic heterocycles. The number of quaternary nitrogens is 2. The minimum atomic E-state index is -0.384. The highest BCUT2D eigenvalue weighted by atomic mass is 35.5. The van der Waals surface area contributed by atoms with Gasteiger partial charge in [-0.25, -0.2) is 4.98 Å². The summed E-state index contributed by atoms with van der Waals surface area (Å²) >= 11 is 1.56. The fraction of sp³-hybridized carbons (Fsp3) is 0.389. The first-order valence-electron chi connectivity index (χ1n) is 9.65. The van der Waals surface area contributed by atoms with Gasteiger partial charge in [0.25, 0.3) is 5.16 Å². The molecule has 1 aliphatic heterocycles. The molecule has 0 unspecified atom stereocenters. The summed E-state index contributed by atoms with van der Waals surface area (Å²) in [5, 5.41) is 15.4. The van der Waals surface area contributed by atoms with Crippen molar-refractivity contribution in [2.24, 2.45) is 0 Å². The molecule has 0 spiro atoms. The van der Waals surface area contributed by atoms with Crippen LogP contribution in [0.15, 0.2) is 35.6 Å². The number of nitrogens with one attached hydrogen (secondary N) is 5. The van der Waals surface area contributed by atoms with E-state index in [0.717, 1.165) is 48.3 Å². The molecule has 0 aromatic carbocycles. The Balaban J connectivity index is 0.00000171.